The van der Waals surface area contributed by atoms with Crippen LogP contribution in [0.2, 0.25) is 0 Å². The lowest BCUT2D eigenvalue weighted by Gasteiger charge is -2.32. The number of ether oxygens (including phenoxy) is 1. The minimum Gasteiger partial charge on any atom is -0.490 e. The molecule has 0 amide bonds. The van der Waals surface area contributed by atoms with Crippen LogP contribution in [0.5, 0.6) is 5.75 Å². The number of aliphatic hydroxyl groups is 2. The summed E-state index contributed by atoms with van der Waals surface area (Å²) in [7, 11) is 0. The molecule has 1 saturated heterocycles. The molecule has 118 valence electrons. The number of aliphatic hydroxyl groups excluding tert-OH is 2. The SMILES string of the molecule is Cc1cccc(C)c1OCC(O)CN1CCC(CO)CC1. The summed E-state index contributed by atoms with van der Waals surface area (Å²) in [4.78, 5) is 2.25. The molecule has 1 atom stereocenters. The molecule has 0 aliphatic carbocycles. The van der Waals surface area contributed by atoms with Gasteiger partial charge in [-0.1, -0.05) is 18.2 Å². The number of para-hydroxylation sites is 1. The van der Waals surface area contributed by atoms with E-state index in [2.05, 4.69) is 4.90 Å². The van der Waals surface area contributed by atoms with Gasteiger partial charge in [0.2, 0.25) is 0 Å². The Labute approximate surface area is 127 Å². The van der Waals surface area contributed by atoms with E-state index in [0.29, 0.717) is 19.1 Å². The summed E-state index contributed by atoms with van der Waals surface area (Å²) in [5.74, 6) is 1.32. The van der Waals surface area contributed by atoms with Crippen LogP contribution in [0.1, 0.15) is 24.0 Å². The molecule has 4 heteroatoms. The molecular formula is C17H27NO3. The number of benzene rings is 1. The summed E-state index contributed by atoms with van der Waals surface area (Å²) < 4.78 is 5.80. The van der Waals surface area contributed by atoms with E-state index in [0.717, 1.165) is 42.8 Å². The van der Waals surface area contributed by atoms with Crippen molar-refractivity contribution in [1.29, 1.82) is 0 Å². The van der Waals surface area contributed by atoms with Gasteiger partial charge in [0.15, 0.2) is 0 Å². The Kier molecular flexibility index (Phi) is 6.03. The van der Waals surface area contributed by atoms with Crippen molar-refractivity contribution in [3.63, 3.8) is 0 Å². The van der Waals surface area contributed by atoms with Crippen LogP contribution in [0.25, 0.3) is 0 Å². The molecule has 2 N–H and O–H groups in total. The van der Waals surface area contributed by atoms with E-state index in [1.165, 1.54) is 0 Å². The molecule has 21 heavy (non-hydrogen) atoms. The van der Waals surface area contributed by atoms with E-state index in [1.807, 2.05) is 32.0 Å². The Bertz CT molecular complexity index is 421. The van der Waals surface area contributed by atoms with Gasteiger partial charge in [-0.05, 0) is 56.8 Å². The Morgan fingerprint density at radius 1 is 1.24 bits per heavy atom. The normalized spacial score (nSPS) is 18.7. The van der Waals surface area contributed by atoms with Gasteiger partial charge in [0.25, 0.3) is 0 Å². The third kappa shape index (κ3) is 4.70. The number of rotatable bonds is 6. The average molecular weight is 293 g/mol. The summed E-state index contributed by atoms with van der Waals surface area (Å²) in [5, 5.41) is 19.3. The highest BCUT2D eigenvalue weighted by molar-refractivity contribution is 5.39. The Morgan fingerprint density at radius 2 is 1.86 bits per heavy atom. The zero-order valence-corrected chi connectivity index (χ0v) is 13.1. The lowest BCUT2D eigenvalue weighted by molar-refractivity contribution is 0.0485. The molecule has 1 aromatic carbocycles. The molecule has 1 unspecified atom stereocenters. The summed E-state index contributed by atoms with van der Waals surface area (Å²) in [5.41, 5.74) is 2.21. The van der Waals surface area contributed by atoms with Crippen LogP contribution >= 0.6 is 0 Å². The van der Waals surface area contributed by atoms with E-state index in [9.17, 15) is 5.11 Å². The highest BCUT2D eigenvalue weighted by Crippen LogP contribution is 2.22. The number of β-amino-alcohol motifs (C(OH)–C–C–N with tert-alkyl or cyclic N) is 1. The van der Waals surface area contributed by atoms with Crippen molar-refractivity contribution in [3.05, 3.63) is 29.3 Å². The lowest BCUT2D eigenvalue weighted by Crippen LogP contribution is -2.41. The second kappa shape index (κ2) is 7.78. The number of hydrogen-bond acceptors (Lipinski definition) is 4. The van der Waals surface area contributed by atoms with Gasteiger partial charge in [0, 0.05) is 13.2 Å². The Morgan fingerprint density at radius 3 is 2.43 bits per heavy atom. The maximum atomic E-state index is 10.2. The van der Waals surface area contributed by atoms with Crippen molar-refractivity contribution in [3.8, 4) is 5.75 Å². The van der Waals surface area contributed by atoms with Crippen molar-refractivity contribution in [1.82, 2.24) is 4.90 Å². The highest BCUT2D eigenvalue weighted by Gasteiger charge is 2.20. The first-order chi connectivity index (χ1) is 10.1. The summed E-state index contributed by atoms with van der Waals surface area (Å²) in [6.45, 7) is 7.20. The topological polar surface area (TPSA) is 52.9 Å². The fraction of sp³-hybridized carbons (Fsp3) is 0.647. The molecular weight excluding hydrogens is 266 g/mol. The van der Waals surface area contributed by atoms with Gasteiger partial charge in [-0.25, -0.2) is 0 Å². The second-order valence-corrected chi connectivity index (χ2v) is 6.11. The minimum absolute atomic E-state index is 0.284. The number of piperidine rings is 1. The van der Waals surface area contributed by atoms with Crippen LogP contribution in [0.4, 0.5) is 0 Å². The van der Waals surface area contributed by atoms with E-state index >= 15 is 0 Å². The summed E-state index contributed by atoms with van der Waals surface area (Å²) >= 11 is 0. The predicted octanol–water partition coefficient (Wildman–Crippen LogP) is 1.75. The van der Waals surface area contributed by atoms with Gasteiger partial charge >= 0.3 is 0 Å². The Hall–Kier alpha value is -1.10. The fourth-order valence-corrected chi connectivity index (χ4v) is 2.91. The fourth-order valence-electron chi connectivity index (χ4n) is 2.91. The molecule has 0 bridgehead atoms. The van der Waals surface area contributed by atoms with Crippen LogP contribution in [0, 0.1) is 19.8 Å². The molecule has 1 heterocycles. The monoisotopic (exact) mass is 293 g/mol. The van der Waals surface area contributed by atoms with Crippen LogP contribution in [0.3, 0.4) is 0 Å². The van der Waals surface area contributed by atoms with Gasteiger partial charge in [0.1, 0.15) is 18.5 Å². The zero-order chi connectivity index (χ0) is 15.2. The predicted molar refractivity (Wildman–Crippen MR) is 83.7 cm³/mol. The third-order valence-corrected chi connectivity index (χ3v) is 4.26. The number of aryl methyl sites for hydroxylation is 2. The van der Waals surface area contributed by atoms with Crippen LogP contribution < -0.4 is 4.74 Å². The molecule has 2 rings (SSSR count). The Balaban J connectivity index is 1.76. The number of nitrogens with zero attached hydrogens (tertiary/aromatic N) is 1. The van der Waals surface area contributed by atoms with Crippen LogP contribution in [0.15, 0.2) is 18.2 Å². The molecule has 1 aromatic rings. The summed E-state index contributed by atoms with van der Waals surface area (Å²) in [6.07, 6.45) is 1.55. The maximum Gasteiger partial charge on any atom is 0.125 e. The standard InChI is InChI=1S/C17H27NO3/c1-13-4-3-5-14(2)17(13)21-12-16(20)10-18-8-6-15(11-19)7-9-18/h3-5,15-16,19-20H,6-12H2,1-2H3. The first-order valence-electron chi connectivity index (χ1n) is 7.80. The van der Waals surface area contributed by atoms with Gasteiger partial charge in [-0.2, -0.15) is 0 Å². The molecule has 0 aromatic heterocycles. The van der Waals surface area contributed by atoms with Gasteiger partial charge in [-0.3, -0.25) is 0 Å². The van der Waals surface area contributed by atoms with Crippen LogP contribution in [-0.2, 0) is 0 Å². The van der Waals surface area contributed by atoms with Crippen molar-refractivity contribution in [2.75, 3.05) is 32.8 Å². The zero-order valence-electron chi connectivity index (χ0n) is 13.1. The first kappa shape index (κ1) is 16.3. The first-order valence-corrected chi connectivity index (χ1v) is 7.80. The number of likely N-dealkylation sites (tertiary alicyclic amines) is 1. The molecule has 0 radical (unpaired) electrons. The van der Waals surface area contributed by atoms with Gasteiger partial charge in [-0.15, -0.1) is 0 Å². The third-order valence-electron chi connectivity index (χ3n) is 4.26. The molecule has 1 fully saturated rings. The molecule has 1 aliphatic heterocycles. The quantitative estimate of drug-likeness (QED) is 0.839. The van der Waals surface area contributed by atoms with E-state index in [-0.39, 0.29) is 6.61 Å². The largest absolute Gasteiger partial charge is 0.490 e. The second-order valence-electron chi connectivity index (χ2n) is 6.11. The highest BCUT2D eigenvalue weighted by atomic mass is 16.5. The van der Waals surface area contributed by atoms with E-state index in [4.69, 9.17) is 9.84 Å². The van der Waals surface area contributed by atoms with E-state index in [1.54, 1.807) is 0 Å². The molecule has 0 saturated carbocycles. The van der Waals surface area contributed by atoms with Crippen molar-refractivity contribution in [2.45, 2.75) is 32.8 Å². The van der Waals surface area contributed by atoms with Crippen molar-refractivity contribution < 1.29 is 14.9 Å². The van der Waals surface area contributed by atoms with Crippen LogP contribution in [-0.4, -0.2) is 54.1 Å². The molecule has 4 nitrogen and oxygen atoms in total. The lowest BCUT2D eigenvalue weighted by atomic mass is 9.98. The smallest absolute Gasteiger partial charge is 0.125 e. The van der Waals surface area contributed by atoms with Crippen molar-refractivity contribution in [2.24, 2.45) is 5.92 Å². The minimum atomic E-state index is -0.477. The van der Waals surface area contributed by atoms with E-state index < -0.39 is 6.10 Å². The molecule has 0 spiro atoms. The number of hydrogen-bond donors (Lipinski definition) is 2. The maximum absolute atomic E-state index is 10.2. The van der Waals surface area contributed by atoms with Gasteiger partial charge in [0.05, 0.1) is 0 Å². The average Bonchev–Trinajstić information content (AvgIpc) is 2.47. The summed E-state index contributed by atoms with van der Waals surface area (Å²) in [6, 6.07) is 6.06. The molecule has 1 aliphatic rings. The van der Waals surface area contributed by atoms with Gasteiger partial charge < -0.3 is 19.8 Å². The van der Waals surface area contributed by atoms with Crippen molar-refractivity contribution >= 4 is 0 Å².